The summed E-state index contributed by atoms with van der Waals surface area (Å²) in [5, 5.41) is 3.96. The van der Waals surface area contributed by atoms with E-state index in [-0.39, 0.29) is 5.56 Å². The van der Waals surface area contributed by atoms with Crippen molar-refractivity contribution in [1.82, 2.24) is 9.38 Å². The molecule has 0 amide bonds. The Labute approximate surface area is 229 Å². The van der Waals surface area contributed by atoms with E-state index in [0.717, 1.165) is 60.3 Å². The molecule has 0 aliphatic carbocycles. The quantitative estimate of drug-likeness (QED) is 0.140. The Hall–Kier alpha value is -2.18. The maximum absolute atomic E-state index is 13.9. The second-order valence-electron chi connectivity index (χ2n) is 9.77. The van der Waals surface area contributed by atoms with Crippen LogP contribution in [-0.2, 0) is 0 Å². The van der Waals surface area contributed by atoms with E-state index in [0.29, 0.717) is 0 Å². The zero-order chi connectivity index (χ0) is 25.2. The highest BCUT2D eigenvalue weighted by molar-refractivity contribution is 9.11. The summed E-state index contributed by atoms with van der Waals surface area (Å²) in [4.78, 5) is 21.4. The summed E-state index contributed by atoms with van der Waals surface area (Å²) in [7, 11) is 0. The monoisotopic (exact) mass is 609 g/mol. The van der Waals surface area contributed by atoms with Gasteiger partial charge in [-0.15, -0.1) is 0 Å². The molecule has 2 heterocycles. The summed E-state index contributed by atoms with van der Waals surface area (Å²) in [5.74, 6) is 0. The van der Waals surface area contributed by atoms with Gasteiger partial charge < -0.3 is 4.90 Å². The highest BCUT2D eigenvalue weighted by Gasteiger charge is 2.21. The highest BCUT2D eigenvalue weighted by Crippen LogP contribution is 2.37. The predicted octanol–water partition coefficient (Wildman–Crippen LogP) is 9.08. The van der Waals surface area contributed by atoms with Gasteiger partial charge in [0.2, 0.25) is 0 Å². The highest BCUT2D eigenvalue weighted by atomic mass is 79.9. The summed E-state index contributed by atoms with van der Waals surface area (Å²) in [5.41, 5.74) is 3.55. The molecular formula is C30H33Br2N3O. The largest absolute Gasteiger partial charge is 0.371 e. The van der Waals surface area contributed by atoms with Gasteiger partial charge in [0.25, 0.3) is 5.56 Å². The van der Waals surface area contributed by atoms with Gasteiger partial charge in [-0.05, 0) is 69.0 Å². The second-order valence-corrected chi connectivity index (χ2v) is 11.5. The molecule has 0 unspecified atom stereocenters. The number of imidazole rings is 1. The number of anilines is 1. The molecule has 0 spiro atoms. The molecule has 0 N–H and O–H groups in total. The van der Waals surface area contributed by atoms with Crippen LogP contribution in [-0.4, -0.2) is 22.5 Å². The topological polar surface area (TPSA) is 37.6 Å². The first-order valence-corrected chi connectivity index (χ1v) is 14.9. The van der Waals surface area contributed by atoms with Gasteiger partial charge in [0.15, 0.2) is 0 Å². The minimum absolute atomic E-state index is 0.0148. The van der Waals surface area contributed by atoms with Crippen molar-refractivity contribution in [3.8, 4) is 0 Å². The van der Waals surface area contributed by atoms with Crippen molar-refractivity contribution in [2.45, 2.75) is 65.2 Å². The van der Waals surface area contributed by atoms with Crippen LogP contribution >= 0.6 is 31.9 Å². The maximum atomic E-state index is 13.9. The van der Waals surface area contributed by atoms with Crippen LogP contribution in [0.3, 0.4) is 0 Å². The standard InChI is InChI=1S/C30H33Br2N3O/c1-3-5-7-9-18-34(19-10-8-6-4-2)25-17-14-22-26-20(25)12-11-13-21(26)29-33-27-23(31)15-16-24(32)28(27)35(29)30(22)36/h11-17H,3-10,18-19H2,1-2H3. The second kappa shape index (κ2) is 11.1. The van der Waals surface area contributed by atoms with E-state index in [2.05, 4.69) is 74.9 Å². The molecule has 0 saturated carbocycles. The van der Waals surface area contributed by atoms with Gasteiger partial charge in [-0.1, -0.05) is 70.6 Å². The van der Waals surface area contributed by atoms with Crippen molar-refractivity contribution in [3.05, 3.63) is 61.8 Å². The number of pyridine rings is 1. The van der Waals surface area contributed by atoms with Crippen LogP contribution in [0.15, 0.2) is 56.2 Å². The van der Waals surface area contributed by atoms with E-state index in [1.54, 1.807) is 4.40 Å². The van der Waals surface area contributed by atoms with Gasteiger partial charge in [-0.2, -0.15) is 0 Å². The molecule has 0 atom stereocenters. The molecular weight excluding hydrogens is 578 g/mol. The van der Waals surface area contributed by atoms with E-state index in [1.165, 1.54) is 57.1 Å². The fourth-order valence-electron chi connectivity index (χ4n) is 5.45. The molecule has 0 aliphatic rings. The number of aromatic nitrogens is 2. The normalized spacial score (nSPS) is 12.0. The fourth-order valence-corrected chi connectivity index (χ4v) is 6.36. The molecule has 4 nitrogen and oxygen atoms in total. The SMILES string of the molecule is CCCCCCN(CCCCCC)c1ccc2c(=O)n3c(nc4c(Br)ccc(Br)c43)c3cccc1c23. The minimum Gasteiger partial charge on any atom is -0.371 e. The molecule has 0 radical (unpaired) electrons. The van der Waals surface area contributed by atoms with Crippen molar-refractivity contribution in [2.24, 2.45) is 0 Å². The van der Waals surface area contributed by atoms with Crippen molar-refractivity contribution < 1.29 is 0 Å². The Bertz CT molecular complexity index is 1560. The van der Waals surface area contributed by atoms with E-state index in [4.69, 9.17) is 4.98 Å². The van der Waals surface area contributed by atoms with Crippen LogP contribution in [0.1, 0.15) is 65.2 Å². The number of rotatable bonds is 11. The smallest absolute Gasteiger partial charge is 0.264 e. The lowest BCUT2D eigenvalue weighted by Gasteiger charge is -2.27. The molecule has 2 aromatic heterocycles. The van der Waals surface area contributed by atoms with Crippen LogP contribution in [0.5, 0.6) is 0 Å². The van der Waals surface area contributed by atoms with Crippen molar-refractivity contribution in [1.29, 1.82) is 0 Å². The van der Waals surface area contributed by atoms with Gasteiger partial charge in [0.1, 0.15) is 11.2 Å². The Balaban J connectivity index is 1.69. The molecule has 188 valence electrons. The molecule has 0 aliphatic heterocycles. The lowest BCUT2D eigenvalue weighted by Crippen LogP contribution is -2.26. The molecule has 0 bridgehead atoms. The first-order chi connectivity index (χ1) is 17.6. The van der Waals surface area contributed by atoms with Crippen LogP contribution in [0, 0.1) is 0 Å². The maximum Gasteiger partial charge on any atom is 0.264 e. The fraction of sp³-hybridized carbons (Fsp3) is 0.400. The molecule has 6 heteroatoms. The predicted molar refractivity (Wildman–Crippen MR) is 161 cm³/mol. The number of fused-ring (bicyclic) bond motifs is 4. The Kier molecular flexibility index (Phi) is 7.82. The lowest BCUT2D eigenvalue weighted by molar-refractivity contribution is 0.610. The Morgan fingerprint density at radius 1 is 0.778 bits per heavy atom. The number of unbranched alkanes of at least 4 members (excludes halogenated alkanes) is 6. The van der Waals surface area contributed by atoms with E-state index in [9.17, 15) is 4.79 Å². The zero-order valence-electron chi connectivity index (χ0n) is 21.1. The molecule has 0 saturated heterocycles. The van der Waals surface area contributed by atoms with Crippen molar-refractivity contribution in [2.75, 3.05) is 18.0 Å². The third-order valence-corrected chi connectivity index (χ3v) is 8.58. The molecule has 5 aromatic rings. The number of halogens is 2. The summed E-state index contributed by atoms with van der Waals surface area (Å²) in [6, 6.07) is 14.5. The summed E-state index contributed by atoms with van der Waals surface area (Å²) < 4.78 is 3.52. The lowest BCUT2D eigenvalue weighted by atomic mass is 10.00. The summed E-state index contributed by atoms with van der Waals surface area (Å²) >= 11 is 7.29. The van der Waals surface area contributed by atoms with E-state index in [1.807, 2.05) is 18.2 Å². The van der Waals surface area contributed by atoms with Gasteiger partial charge in [-0.25, -0.2) is 4.98 Å². The van der Waals surface area contributed by atoms with Gasteiger partial charge in [0.05, 0.1) is 5.52 Å². The van der Waals surface area contributed by atoms with Crippen LogP contribution in [0.2, 0.25) is 0 Å². The zero-order valence-corrected chi connectivity index (χ0v) is 24.3. The van der Waals surface area contributed by atoms with Gasteiger partial charge in [0, 0.05) is 49.3 Å². The summed E-state index contributed by atoms with van der Waals surface area (Å²) in [6.07, 6.45) is 9.96. The third-order valence-electron chi connectivity index (χ3n) is 7.30. The van der Waals surface area contributed by atoms with Crippen molar-refractivity contribution in [3.63, 3.8) is 0 Å². The molecule has 5 rings (SSSR count). The van der Waals surface area contributed by atoms with Crippen LogP contribution in [0.4, 0.5) is 5.69 Å². The Morgan fingerprint density at radius 3 is 2.14 bits per heavy atom. The first-order valence-electron chi connectivity index (χ1n) is 13.3. The number of hydrogen-bond donors (Lipinski definition) is 0. The van der Waals surface area contributed by atoms with Crippen LogP contribution in [0.25, 0.3) is 38.2 Å². The molecule has 36 heavy (non-hydrogen) atoms. The first kappa shape index (κ1) is 25.5. The van der Waals surface area contributed by atoms with Gasteiger partial charge >= 0.3 is 0 Å². The minimum atomic E-state index is -0.0148. The number of nitrogens with zero attached hydrogens (tertiary/aromatic N) is 3. The number of hydrogen-bond acceptors (Lipinski definition) is 3. The van der Waals surface area contributed by atoms with Crippen molar-refractivity contribution >= 4 is 75.8 Å². The number of benzene rings is 3. The molecule has 0 fully saturated rings. The van der Waals surface area contributed by atoms with Gasteiger partial charge in [-0.3, -0.25) is 9.20 Å². The van der Waals surface area contributed by atoms with Crippen LogP contribution < -0.4 is 10.5 Å². The Morgan fingerprint density at radius 2 is 1.44 bits per heavy atom. The van der Waals surface area contributed by atoms with E-state index < -0.39 is 0 Å². The third kappa shape index (κ3) is 4.51. The average molecular weight is 611 g/mol. The molecule has 3 aromatic carbocycles. The summed E-state index contributed by atoms with van der Waals surface area (Å²) in [6.45, 7) is 6.63. The van der Waals surface area contributed by atoms with E-state index >= 15 is 0 Å². The average Bonchev–Trinajstić information content (AvgIpc) is 3.31.